The van der Waals surface area contributed by atoms with E-state index in [2.05, 4.69) is 29.2 Å². The predicted octanol–water partition coefficient (Wildman–Crippen LogP) is 3.23. The molecule has 3 nitrogen and oxygen atoms in total. The van der Waals surface area contributed by atoms with E-state index in [1.54, 1.807) is 6.08 Å². The summed E-state index contributed by atoms with van der Waals surface area (Å²) in [5.74, 6) is -0.183. The van der Waals surface area contributed by atoms with E-state index in [1.165, 1.54) is 30.3 Å². The van der Waals surface area contributed by atoms with Gasteiger partial charge in [0.1, 0.15) is 5.82 Å². The maximum absolute atomic E-state index is 12.9. The van der Waals surface area contributed by atoms with Gasteiger partial charge in [0.05, 0.1) is 6.61 Å². The molecule has 2 aromatic rings. The van der Waals surface area contributed by atoms with Gasteiger partial charge in [-0.1, -0.05) is 42.5 Å². The van der Waals surface area contributed by atoms with Crippen molar-refractivity contribution in [2.24, 2.45) is 5.73 Å². The molecule has 1 aliphatic carbocycles. The van der Waals surface area contributed by atoms with Crippen LogP contribution >= 0.6 is 0 Å². The third-order valence-electron chi connectivity index (χ3n) is 4.38. The van der Waals surface area contributed by atoms with Crippen LogP contribution in [0.1, 0.15) is 34.7 Å². The van der Waals surface area contributed by atoms with E-state index in [0.717, 1.165) is 36.9 Å². The van der Waals surface area contributed by atoms with Gasteiger partial charge in [0, 0.05) is 6.04 Å². The van der Waals surface area contributed by atoms with Crippen molar-refractivity contribution in [3.8, 4) is 0 Å². The van der Waals surface area contributed by atoms with Crippen LogP contribution in [0.25, 0.3) is 6.08 Å². The largest absolute Gasteiger partial charge is 0.392 e. The van der Waals surface area contributed by atoms with Gasteiger partial charge in [0.25, 0.3) is 0 Å². The van der Waals surface area contributed by atoms with Crippen molar-refractivity contribution in [3.05, 3.63) is 76.6 Å². The summed E-state index contributed by atoms with van der Waals surface area (Å²) in [4.78, 5) is 0. The Morgan fingerprint density at radius 3 is 2.68 bits per heavy atom. The van der Waals surface area contributed by atoms with Crippen molar-refractivity contribution in [1.29, 1.82) is 0 Å². The maximum atomic E-state index is 12.9. The fourth-order valence-electron chi connectivity index (χ4n) is 3.18. The molecule has 134 valence electrons. The Morgan fingerprint density at radius 2 is 1.96 bits per heavy atom. The number of aliphatic hydroxyl groups is 1. The monoisotopic (exact) mass is 342 g/mol. The number of benzene rings is 2. The fourth-order valence-corrected chi connectivity index (χ4v) is 3.18. The molecule has 0 amide bonds. The van der Waals surface area contributed by atoms with Crippen LogP contribution in [0, 0.1) is 5.82 Å². The van der Waals surface area contributed by atoms with Gasteiger partial charge in [-0.2, -0.15) is 0 Å². The van der Waals surface area contributed by atoms with E-state index in [-0.39, 0.29) is 12.4 Å². The van der Waals surface area contributed by atoms with Gasteiger partial charge in [-0.15, -0.1) is 0 Å². The molecule has 1 unspecified atom stereocenters. The Balaban J connectivity index is 0.00000109. The zero-order chi connectivity index (χ0) is 18.1. The topological polar surface area (TPSA) is 58.3 Å². The second-order valence-corrected chi connectivity index (χ2v) is 5.97. The molecule has 0 saturated heterocycles. The summed E-state index contributed by atoms with van der Waals surface area (Å²) in [6.45, 7) is 0.965. The summed E-state index contributed by atoms with van der Waals surface area (Å²) in [6.07, 6.45) is 6.82. The van der Waals surface area contributed by atoms with Gasteiger partial charge in [-0.25, -0.2) is 4.39 Å². The molecule has 3 rings (SSSR count). The van der Waals surface area contributed by atoms with Gasteiger partial charge in [-0.05, 0) is 67.2 Å². The lowest BCUT2D eigenvalue weighted by molar-refractivity contribution is 0.343. The van der Waals surface area contributed by atoms with E-state index < -0.39 is 0 Å². The Hall–Kier alpha value is -2.01. The number of fused-ring (bicyclic) bond motifs is 1. The summed E-state index contributed by atoms with van der Waals surface area (Å²) in [7, 11) is 1.50. The number of rotatable bonds is 6. The van der Waals surface area contributed by atoms with Crippen LogP contribution in [0.3, 0.4) is 0 Å². The van der Waals surface area contributed by atoms with Gasteiger partial charge in [-0.3, -0.25) is 0 Å². The molecule has 0 saturated carbocycles. The van der Waals surface area contributed by atoms with Gasteiger partial charge in [0.15, 0.2) is 0 Å². The molecule has 1 aliphatic rings. The highest BCUT2D eigenvalue weighted by atomic mass is 19.1. The predicted molar refractivity (Wildman–Crippen MR) is 102 cm³/mol. The van der Waals surface area contributed by atoms with Crippen LogP contribution < -0.4 is 11.1 Å². The number of aliphatic hydroxyl groups excluding tert-OH is 1. The third-order valence-corrected chi connectivity index (χ3v) is 4.38. The summed E-state index contributed by atoms with van der Waals surface area (Å²) in [5, 5.41) is 12.5. The second kappa shape index (κ2) is 10.1. The van der Waals surface area contributed by atoms with Crippen molar-refractivity contribution < 1.29 is 9.50 Å². The van der Waals surface area contributed by atoms with Crippen molar-refractivity contribution in [2.45, 2.75) is 25.3 Å². The van der Waals surface area contributed by atoms with Crippen LogP contribution in [0.4, 0.5) is 4.39 Å². The molecular weight excluding hydrogens is 315 g/mol. The van der Waals surface area contributed by atoms with Gasteiger partial charge < -0.3 is 16.2 Å². The maximum Gasteiger partial charge on any atom is 0.123 e. The fraction of sp³-hybridized carbons (Fsp3) is 0.333. The van der Waals surface area contributed by atoms with Gasteiger partial charge >= 0.3 is 0 Å². The molecule has 25 heavy (non-hydrogen) atoms. The SMILES string of the molecule is CN.OC/C=C/c1ccc2c(c1)CCC2NCCc1ccc(F)cc1. The normalized spacial score (nSPS) is 15.8. The summed E-state index contributed by atoms with van der Waals surface area (Å²) in [5.41, 5.74) is 9.57. The Labute approximate surface area is 149 Å². The number of hydrogen-bond acceptors (Lipinski definition) is 3. The van der Waals surface area contributed by atoms with Crippen LogP contribution in [0.15, 0.2) is 48.5 Å². The molecule has 0 aliphatic heterocycles. The molecular formula is C21H27FN2O. The highest BCUT2D eigenvalue weighted by Crippen LogP contribution is 2.31. The Bertz CT molecular complexity index is 683. The van der Waals surface area contributed by atoms with E-state index in [1.807, 2.05) is 18.2 Å². The van der Waals surface area contributed by atoms with Crippen LogP contribution in [-0.4, -0.2) is 25.3 Å². The third kappa shape index (κ3) is 5.49. The molecule has 1 atom stereocenters. The van der Waals surface area contributed by atoms with Gasteiger partial charge in [0.2, 0.25) is 0 Å². The number of aryl methyl sites for hydroxylation is 1. The second-order valence-electron chi connectivity index (χ2n) is 5.97. The first-order chi connectivity index (χ1) is 12.3. The number of nitrogens with one attached hydrogen (secondary N) is 1. The lowest BCUT2D eigenvalue weighted by Crippen LogP contribution is -2.21. The highest BCUT2D eigenvalue weighted by molar-refractivity contribution is 5.53. The number of halogens is 1. The number of hydrogen-bond donors (Lipinski definition) is 3. The zero-order valence-corrected chi connectivity index (χ0v) is 14.7. The molecule has 0 heterocycles. The molecule has 4 N–H and O–H groups in total. The van der Waals surface area contributed by atoms with Crippen molar-refractivity contribution in [2.75, 3.05) is 20.2 Å². The van der Waals surface area contributed by atoms with Crippen LogP contribution in [0.5, 0.6) is 0 Å². The molecule has 0 aromatic heterocycles. The Morgan fingerprint density at radius 1 is 1.20 bits per heavy atom. The van der Waals surface area contributed by atoms with E-state index in [0.29, 0.717) is 6.04 Å². The molecule has 0 fully saturated rings. The molecule has 0 bridgehead atoms. The van der Waals surface area contributed by atoms with Crippen LogP contribution in [0.2, 0.25) is 0 Å². The first kappa shape index (κ1) is 19.3. The van der Waals surface area contributed by atoms with Crippen molar-refractivity contribution in [1.82, 2.24) is 5.32 Å². The van der Waals surface area contributed by atoms with Crippen LogP contribution in [-0.2, 0) is 12.8 Å². The van der Waals surface area contributed by atoms with E-state index in [9.17, 15) is 4.39 Å². The first-order valence-corrected chi connectivity index (χ1v) is 8.72. The quantitative estimate of drug-likeness (QED) is 0.755. The van der Waals surface area contributed by atoms with E-state index in [4.69, 9.17) is 5.11 Å². The minimum atomic E-state index is -0.183. The minimum Gasteiger partial charge on any atom is -0.392 e. The smallest absolute Gasteiger partial charge is 0.123 e. The zero-order valence-electron chi connectivity index (χ0n) is 14.7. The highest BCUT2D eigenvalue weighted by Gasteiger charge is 2.21. The lowest BCUT2D eigenvalue weighted by atomic mass is 10.0. The molecule has 0 radical (unpaired) electrons. The Kier molecular flexibility index (Phi) is 7.79. The lowest BCUT2D eigenvalue weighted by Gasteiger charge is -2.14. The average Bonchev–Trinajstić information content (AvgIpc) is 3.06. The minimum absolute atomic E-state index is 0.0741. The summed E-state index contributed by atoms with van der Waals surface area (Å²) >= 11 is 0. The average molecular weight is 342 g/mol. The van der Waals surface area contributed by atoms with E-state index >= 15 is 0 Å². The number of nitrogens with two attached hydrogens (primary N) is 1. The standard InChI is InChI=1S/C20H22FNO.CH5N/c21-18-7-3-15(4-8-18)11-12-22-20-10-6-17-14-16(2-1-13-23)5-9-19(17)20;1-2/h1-5,7-9,14,20,22-23H,6,10-13H2;2H2,1H3/b2-1+;. The molecule has 4 heteroatoms. The molecule has 0 spiro atoms. The van der Waals surface area contributed by atoms with Crippen molar-refractivity contribution in [3.63, 3.8) is 0 Å². The molecule has 2 aromatic carbocycles. The summed E-state index contributed by atoms with van der Waals surface area (Å²) < 4.78 is 12.9. The first-order valence-electron chi connectivity index (χ1n) is 8.72. The summed E-state index contributed by atoms with van der Waals surface area (Å²) in [6, 6.07) is 13.6. The van der Waals surface area contributed by atoms with Crippen molar-refractivity contribution >= 4 is 6.08 Å².